The molecular weight excluding hydrogens is 268 g/mol. The lowest BCUT2D eigenvalue weighted by molar-refractivity contribution is -0.137. The predicted octanol–water partition coefficient (Wildman–Crippen LogP) is 4.37. The van der Waals surface area contributed by atoms with Crippen molar-refractivity contribution in [2.45, 2.75) is 57.8 Å². The number of hydrogen-bond donors (Lipinski definition) is 2. The van der Waals surface area contributed by atoms with Crippen LogP contribution in [0.25, 0.3) is 0 Å². The zero-order valence-electron chi connectivity index (χ0n) is 12.6. The Balaban J connectivity index is 1.84. The van der Waals surface area contributed by atoms with Gasteiger partial charge in [0.15, 0.2) is 0 Å². The number of aliphatic carboxylic acids is 1. The molecule has 1 aromatic rings. The number of ether oxygens (including phenoxy) is 1. The topological polar surface area (TPSA) is 66.8 Å². The van der Waals surface area contributed by atoms with Gasteiger partial charge in [0.25, 0.3) is 0 Å². The van der Waals surface area contributed by atoms with Gasteiger partial charge < -0.3 is 14.9 Å². The van der Waals surface area contributed by atoms with Crippen molar-refractivity contribution < 1.29 is 19.7 Å². The van der Waals surface area contributed by atoms with Gasteiger partial charge in [-0.2, -0.15) is 0 Å². The van der Waals surface area contributed by atoms with Crippen molar-refractivity contribution in [1.29, 1.82) is 0 Å². The standard InChI is InChI=1S/C17H26O4/c18-15-10-12-16(13-11-15)21-14-8-6-4-2-1-3-5-7-9-17(19)20/h10-13,18H,1-9,14H2,(H,19,20). The maximum atomic E-state index is 10.3. The highest BCUT2D eigenvalue weighted by Crippen LogP contribution is 2.16. The molecule has 0 saturated carbocycles. The molecule has 2 N–H and O–H groups in total. The fourth-order valence-electron chi connectivity index (χ4n) is 2.17. The Hall–Kier alpha value is -1.71. The quantitative estimate of drug-likeness (QED) is 0.562. The molecule has 1 rings (SSSR count). The molecule has 0 unspecified atom stereocenters. The van der Waals surface area contributed by atoms with Gasteiger partial charge in [0.1, 0.15) is 11.5 Å². The molecule has 21 heavy (non-hydrogen) atoms. The highest BCUT2D eigenvalue weighted by atomic mass is 16.5. The highest BCUT2D eigenvalue weighted by molar-refractivity contribution is 5.66. The van der Waals surface area contributed by atoms with Crippen LogP contribution in [0.3, 0.4) is 0 Å². The van der Waals surface area contributed by atoms with E-state index in [-0.39, 0.29) is 5.75 Å². The summed E-state index contributed by atoms with van der Waals surface area (Å²) >= 11 is 0. The Kier molecular flexibility index (Phi) is 9.09. The number of phenols is 1. The molecule has 0 aliphatic carbocycles. The minimum atomic E-state index is -0.691. The molecule has 0 radical (unpaired) electrons. The van der Waals surface area contributed by atoms with Gasteiger partial charge in [0, 0.05) is 6.42 Å². The minimum absolute atomic E-state index is 0.255. The smallest absolute Gasteiger partial charge is 0.303 e. The van der Waals surface area contributed by atoms with Crippen LogP contribution in [-0.4, -0.2) is 22.8 Å². The molecule has 118 valence electrons. The average molecular weight is 294 g/mol. The van der Waals surface area contributed by atoms with E-state index in [4.69, 9.17) is 14.9 Å². The van der Waals surface area contributed by atoms with Gasteiger partial charge in [0.2, 0.25) is 0 Å². The van der Waals surface area contributed by atoms with E-state index in [9.17, 15) is 4.79 Å². The summed E-state index contributed by atoms with van der Waals surface area (Å²) in [5.74, 6) is 0.362. The second-order valence-corrected chi connectivity index (χ2v) is 5.31. The zero-order valence-corrected chi connectivity index (χ0v) is 12.6. The number of unbranched alkanes of at least 4 members (excludes halogenated alkanes) is 7. The van der Waals surface area contributed by atoms with Crippen LogP contribution in [0.2, 0.25) is 0 Å². The highest BCUT2D eigenvalue weighted by Gasteiger charge is 1.97. The molecule has 0 spiro atoms. The molecule has 0 bridgehead atoms. The van der Waals surface area contributed by atoms with Gasteiger partial charge in [-0.3, -0.25) is 4.79 Å². The Morgan fingerprint density at radius 2 is 1.38 bits per heavy atom. The van der Waals surface area contributed by atoms with Gasteiger partial charge in [0.05, 0.1) is 6.61 Å². The Morgan fingerprint density at radius 3 is 1.95 bits per heavy atom. The van der Waals surface area contributed by atoms with Crippen molar-refractivity contribution >= 4 is 5.97 Å². The van der Waals surface area contributed by atoms with E-state index in [0.29, 0.717) is 13.0 Å². The first-order chi connectivity index (χ1) is 10.2. The van der Waals surface area contributed by atoms with Crippen LogP contribution in [0.15, 0.2) is 24.3 Å². The number of phenolic OH excluding ortho intramolecular Hbond substituents is 1. The number of aromatic hydroxyl groups is 1. The molecule has 0 aromatic heterocycles. The van der Waals surface area contributed by atoms with Crippen molar-refractivity contribution in [3.63, 3.8) is 0 Å². The van der Waals surface area contributed by atoms with E-state index in [0.717, 1.165) is 37.9 Å². The first kappa shape index (κ1) is 17.3. The number of carboxylic acid groups (broad SMARTS) is 1. The second kappa shape index (κ2) is 11.0. The van der Waals surface area contributed by atoms with Crippen LogP contribution >= 0.6 is 0 Å². The van der Waals surface area contributed by atoms with Crippen LogP contribution in [-0.2, 0) is 4.79 Å². The Bertz CT molecular complexity index is 386. The lowest BCUT2D eigenvalue weighted by Gasteiger charge is -2.06. The third-order valence-corrected chi connectivity index (χ3v) is 3.39. The lowest BCUT2D eigenvalue weighted by Crippen LogP contribution is -1.97. The van der Waals surface area contributed by atoms with Crippen LogP contribution in [0.1, 0.15) is 57.8 Å². The van der Waals surface area contributed by atoms with Gasteiger partial charge in [-0.15, -0.1) is 0 Å². The number of carbonyl (C=O) groups is 1. The zero-order chi connectivity index (χ0) is 15.3. The summed E-state index contributed by atoms with van der Waals surface area (Å²) in [5, 5.41) is 17.7. The number of rotatable bonds is 12. The SMILES string of the molecule is O=C(O)CCCCCCCCCCOc1ccc(O)cc1. The molecule has 1 aromatic carbocycles. The van der Waals surface area contributed by atoms with E-state index in [1.165, 1.54) is 19.3 Å². The second-order valence-electron chi connectivity index (χ2n) is 5.31. The van der Waals surface area contributed by atoms with Gasteiger partial charge in [-0.25, -0.2) is 0 Å². The van der Waals surface area contributed by atoms with Crippen molar-refractivity contribution in [2.24, 2.45) is 0 Å². The molecule has 0 saturated heterocycles. The Morgan fingerprint density at radius 1 is 0.857 bits per heavy atom. The molecule has 0 amide bonds. The van der Waals surface area contributed by atoms with Crippen molar-refractivity contribution in [3.05, 3.63) is 24.3 Å². The summed E-state index contributed by atoms with van der Waals surface area (Å²) in [6.45, 7) is 0.712. The van der Waals surface area contributed by atoms with Gasteiger partial charge in [-0.05, 0) is 37.1 Å². The van der Waals surface area contributed by atoms with Crippen LogP contribution in [0.5, 0.6) is 11.5 Å². The lowest BCUT2D eigenvalue weighted by atomic mass is 10.1. The summed E-state index contributed by atoms with van der Waals surface area (Å²) in [7, 11) is 0. The first-order valence-electron chi connectivity index (χ1n) is 7.82. The predicted molar refractivity (Wildman–Crippen MR) is 82.8 cm³/mol. The maximum absolute atomic E-state index is 10.3. The van der Waals surface area contributed by atoms with E-state index in [2.05, 4.69) is 0 Å². The van der Waals surface area contributed by atoms with Gasteiger partial charge in [-0.1, -0.05) is 38.5 Å². The molecular formula is C17H26O4. The normalized spacial score (nSPS) is 10.5. The van der Waals surface area contributed by atoms with E-state index >= 15 is 0 Å². The first-order valence-corrected chi connectivity index (χ1v) is 7.82. The van der Waals surface area contributed by atoms with Gasteiger partial charge >= 0.3 is 5.97 Å². The molecule has 0 aliphatic rings. The third kappa shape index (κ3) is 9.77. The summed E-state index contributed by atoms with van der Waals surface area (Å²) in [6.07, 6.45) is 9.08. The molecule has 0 fully saturated rings. The third-order valence-electron chi connectivity index (χ3n) is 3.39. The van der Waals surface area contributed by atoms with E-state index in [1.807, 2.05) is 0 Å². The fourth-order valence-corrected chi connectivity index (χ4v) is 2.17. The maximum Gasteiger partial charge on any atom is 0.303 e. The average Bonchev–Trinajstić information content (AvgIpc) is 2.46. The van der Waals surface area contributed by atoms with E-state index < -0.39 is 5.97 Å². The summed E-state index contributed by atoms with van der Waals surface area (Å²) in [4.78, 5) is 10.3. The molecule has 4 heteroatoms. The molecule has 0 heterocycles. The van der Waals surface area contributed by atoms with Crippen molar-refractivity contribution in [3.8, 4) is 11.5 Å². The van der Waals surface area contributed by atoms with Crippen LogP contribution in [0, 0.1) is 0 Å². The number of hydrogen-bond acceptors (Lipinski definition) is 3. The van der Waals surface area contributed by atoms with Crippen molar-refractivity contribution in [2.75, 3.05) is 6.61 Å². The van der Waals surface area contributed by atoms with E-state index in [1.54, 1.807) is 24.3 Å². The van der Waals surface area contributed by atoms with Crippen LogP contribution in [0.4, 0.5) is 0 Å². The number of benzene rings is 1. The van der Waals surface area contributed by atoms with Crippen LogP contribution < -0.4 is 4.74 Å². The summed E-state index contributed by atoms with van der Waals surface area (Å²) in [6, 6.07) is 6.79. The largest absolute Gasteiger partial charge is 0.508 e. The van der Waals surface area contributed by atoms with Crippen molar-refractivity contribution in [1.82, 2.24) is 0 Å². The fraction of sp³-hybridized carbons (Fsp3) is 0.588. The summed E-state index contributed by atoms with van der Waals surface area (Å²) < 4.78 is 5.58. The minimum Gasteiger partial charge on any atom is -0.508 e. The number of carboxylic acids is 1. The summed E-state index contributed by atoms with van der Waals surface area (Å²) in [5.41, 5.74) is 0. The molecule has 4 nitrogen and oxygen atoms in total. The molecule has 0 atom stereocenters. The monoisotopic (exact) mass is 294 g/mol. The Labute approximate surface area is 126 Å². The molecule has 0 aliphatic heterocycles.